The Morgan fingerprint density at radius 1 is 0.773 bits per heavy atom. The van der Waals surface area contributed by atoms with E-state index in [-0.39, 0.29) is 0 Å². The van der Waals surface area contributed by atoms with Gasteiger partial charge in [-0.25, -0.2) is 0 Å². The number of esters is 4. The van der Waals surface area contributed by atoms with E-state index < -0.39 is 55.4 Å². The van der Waals surface area contributed by atoms with Gasteiger partial charge in [-0.05, 0) is 0 Å². The van der Waals surface area contributed by atoms with E-state index in [1.807, 2.05) is 0 Å². The average molecular weight is 320 g/mol. The molecule has 0 aliphatic rings. The summed E-state index contributed by atoms with van der Waals surface area (Å²) in [6.07, 6.45) is -3.84. The number of carbonyl (C=O) groups is 4. The second kappa shape index (κ2) is 9.72. The summed E-state index contributed by atoms with van der Waals surface area (Å²) in [6.45, 7) is 3.32. The lowest BCUT2D eigenvalue weighted by Crippen LogP contribution is -2.48. The standard InChI is InChI=1S/C13H20O9/c1-7(15)19-6-12(21-9(3)17)13(22-10(4)18)11(5-14)20-8(2)16/h11-14H,5-6H2,1-4H3/t11-,12-,13+/m1/s1. The summed E-state index contributed by atoms with van der Waals surface area (Å²) in [7, 11) is 0. The zero-order chi connectivity index (χ0) is 17.3. The Bertz CT molecular complexity index is 418. The summed E-state index contributed by atoms with van der Waals surface area (Å²) in [6, 6.07) is 0. The molecular weight excluding hydrogens is 300 g/mol. The van der Waals surface area contributed by atoms with Crippen LogP contribution in [0.25, 0.3) is 0 Å². The van der Waals surface area contributed by atoms with Gasteiger partial charge in [0, 0.05) is 27.7 Å². The van der Waals surface area contributed by atoms with Crippen LogP contribution in [0.5, 0.6) is 0 Å². The van der Waals surface area contributed by atoms with Crippen LogP contribution in [-0.2, 0) is 38.1 Å². The number of hydrogen-bond donors (Lipinski definition) is 1. The highest BCUT2D eigenvalue weighted by Crippen LogP contribution is 2.14. The van der Waals surface area contributed by atoms with Crippen molar-refractivity contribution in [3.63, 3.8) is 0 Å². The smallest absolute Gasteiger partial charge is 0.303 e. The zero-order valence-electron chi connectivity index (χ0n) is 12.9. The number of aliphatic hydroxyl groups is 1. The number of aliphatic hydroxyl groups excluding tert-OH is 1. The van der Waals surface area contributed by atoms with Crippen LogP contribution in [0.1, 0.15) is 27.7 Å². The third kappa shape index (κ3) is 8.20. The van der Waals surface area contributed by atoms with Crippen molar-refractivity contribution in [2.45, 2.75) is 46.0 Å². The van der Waals surface area contributed by atoms with Crippen molar-refractivity contribution in [2.24, 2.45) is 0 Å². The molecule has 22 heavy (non-hydrogen) atoms. The second-order valence-electron chi connectivity index (χ2n) is 4.35. The van der Waals surface area contributed by atoms with Gasteiger partial charge < -0.3 is 24.1 Å². The highest BCUT2D eigenvalue weighted by atomic mass is 16.6. The quantitative estimate of drug-likeness (QED) is 0.458. The first-order valence-electron chi connectivity index (χ1n) is 6.43. The molecule has 0 unspecified atom stereocenters. The minimum Gasteiger partial charge on any atom is -0.462 e. The van der Waals surface area contributed by atoms with Crippen molar-refractivity contribution in [3.05, 3.63) is 0 Å². The van der Waals surface area contributed by atoms with Crippen molar-refractivity contribution in [2.75, 3.05) is 13.2 Å². The topological polar surface area (TPSA) is 125 Å². The van der Waals surface area contributed by atoms with Gasteiger partial charge in [-0.3, -0.25) is 19.2 Å². The van der Waals surface area contributed by atoms with E-state index in [2.05, 4.69) is 0 Å². The van der Waals surface area contributed by atoms with E-state index >= 15 is 0 Å². The molecule has 9 heteroatoms. The molecule has 0 heterocycles. The fourth-order valence-electron chi connectivity index (χ4n) is 1.61. The van der Waals surface area contributed by atoms with Gasteiger partial charge in [0.1, 0.15) is 6.61 Å². The predicted molar refractivity (Wildman–Crippen MR) is 70.4 cm³/mol. The molecule has 0 aromatic carbocycles. The Morgan fingerprint density at radius 3 is 1.59 bits per heavy atom. The van der Waals surface area contributed by atoms with Crippen molar-refractivity contribution < 1.29 is 43.2 Å². The third-order valence-corrected chi connectivity index (χ3v) is 2.30. The Labute approximate surface area is 127 Å². The number of rotatable bonds is 8. The molecule has 9 nitrogen and oxygen atoms in total. The molecule has 0 rings (SSSR count). The third-order valence-electron chi connectivity index (χ3n) is 2.30. The maximum Gasteiger partial charge on any atom is 0.303 e. The second-order valence-corrected chi connectivity index (χ2v) is 4.35. The Kier molecular flexibility index (Phi) is 8.76. The minimum atomic E-state index is -1.32. The molecule has 3 atom stereocenters. The summed E-state index contributed by atoms with van der Waals surface area (Å²) in [4.78, 5) is 44.3. The van der Waals surface area contributed by atoms with Gasteiger partial charge in [0.2, 0.25) is 0 Å². The van der Waals surface area contributed by atoms with Crippen molar-refractivity contribution in [1.82, 2.24) is 0 Å². The van der Waals surface area contributed by atoms with Crippen LogP contribution in [0.3, 0.4) is 0 Å². The molecule has 126 valence electrons. The number of carbonyl (C=O) groups excluding carboxylic acids is 4. The molecule has 1 N–H and O–H groups in total. The first kappa shape index (κ1) is 19.8. The highest BCUT2D eigenvalue weighted by Gasteiger charge is 2.37. The van der Waals surface area contributed by atoms with Crippen LogP contribution in [0.4, 0.5) is 0 Å². The lowest BCUT2D eigenvalue weighted by Gasteiger charge is -2.30. The first-order valence-corrected chi connectivity index (χ1v) is 6.43. The minimum absolute atomic E-state index is 0.426. The fraction of sp³-hybridized carbons (Fsp3) is 0.692. The molecule has 0 saturated heterocycles. The van der Waals surface area contributed by atoms with E-state index in [1.54, 1.807) is 0 Å². The lowest BCUT2D eigenvalue weighted by atomic mass is 10.1. The molecule has 0 saturated carbocycles. The largest absolute Gasteiger partial charge is 0.462 e. The fourth-order valence-corrected chi connectivity index (χ4v) is 1.61. The Morgan fingerprint density at radius 2 is 1.23 bits per heavy atom. The zero-order valence-corrected chi connectivity index (χ0v) is 12.9. The maximum atomic E-state index is 11.2. The summed E-state index contributed by atoms with van der Waals surface area (Å²) in [5, 5.41) is 9.30. The van der Waals surface area contributed by atoms with Gasteiger partial charge >= 0.3 is 23.9 Å². The summed E-state index contributed by atoms with van der Waals surface area (Å²) in [5.41, 5.74) is 0. The Hall–Kier alpha value is -2.16. The summed E-state index contributed by atoms with van der Waals surface area (Å²) >= 11 is 0. The first-order chi connectivity index (χ1) is 10.2. The van der Waals surface area contributed by atoms with E-state index in [9.17, 15) is 24.3 Å². The normalized spacial score (nSPS) is 14.2. The molecule has 0 fully saturated rings. The van der Waals surface area contributed by atoms with Gasteiger partial charge in [-0.15, -0.1) is 0 Å². The van der Waals surface area contributed by atoms with Crippen molar-refractivity contribution in [3.8, 4) is 0 Å². The number of hydrogen-bond acceptors (Lipinski definition) is 9. The van der Waals surface area contributed by atoms with E-state index in [0.29, 0.717) is 0 Å². The average Bonchev–Trinajstić information content (AvgIpc) is 2.37. The van der Waals surface area contributed by atoms with Crippen molar-refractivity contribution in [1.29, 1.82) is 0 Å². The molecule has 0 aliphatic heterocycles. The summed E-state index contributed by atoms with van der Waals surface area (Å²) < 4.78 is 19.5. The van der Waals surface area contributed by atoms with E-state index in [4.69, 9.17) is 18.9 Å². The molecule has 0 bridgehead atoms. The van der Waals surface area contributed by atoms with Gasteiger partial charge in [0.15, 0.2) is 18.3 Å². The molecule has 0 spiro atoms. The van der Waals surface area contributed by atoms with Crippen LogP contribution in [0.15, 0.2) is 0 Å². The van der Waals surface area contributed by atoms with Gasteiger partial charge in [0.05, 0.1) is 6.61 Å². The number of ether oxygens (including phenoxy) is 4. The van der Waals surface area contributed by atoms with Crippen LogP contribution < -0.4 is 0 Å². The predicted octanol–water partition coefficient (Wildman–Crippen LogP) is -0.663. The molecule has 0 amide bonds. The van der Waals surface area contributed by atoms with Crippen LogP contribution >= 0.6 is 0 Å². The van der Waals surface area contributed by atoms with Gasteiger partial charge in [-0.2, -0.15) is 0 Å². The molecular formula is C13H20O9. The monoisotopic (exact) mass is 320 g/mol. The van der Waals surface area contributed by atoms with Crippen LogP contribution in [-0.4, -0.2) is 60.5 Å². The van der Waals surface area contributed by atoms with Gasteiger partial charge in [0.25, 0.3) is 0 Å². The van der Waals surface area contributed by atoms with Crippen LogP contribution in [0, 0.1) is 0 Å². The maximum absolute atomic E-state index is 11.2. The highest BCUT2D eigenvalue weighted by molar-refractivity contribution is 5.68. The Balaban J connectivity index is 5.30. The lowest BCUT2D eigenvalue weighted by molar-refractivity contribution is -0.192. The summed E-state index contributed by atoms with van der Waals surface area (Å²) in [5.74, 6) is -2.86. The van der Waals surface area contributed by atoms with E-state index in [1.165, 1.54) is 0 Å². The molecule has 0 aromatic heterocycles. The molecule has 0 aliphatic carbocycles. The SMILES string of the molecule is CC(=O)OC[C@@H](OC(C)=O)[C@@H](OC(C)=O)[C@@H](CO)OC(C)=O. The van der Waals surface area contributed by atoms with E-state index in [0.717, 1.165) is 27.7 Å². The molecule has 0 radical (unpaired) electrons. The van der Waals surface area contributed by atoms with Crippen molar-refractivity contribution >= 4 is 23.9 Å². The van der Waals surface area contributed by atoms with Crippen LogP contribution in [0.2, 0.25) is 0 Å². The molecule has 0 aromatic rings. The van der Waals surface area contributed by atoms with Gasteiger partial charge in [-0.1, -0.05) is 0 Å².